The SMILES string of the molecule is CCN(CC)CCNC1(C#N)CCC(C)CC1C. The lowest BCUT2D eigenvalue weighted by Gasteiger charge is -2.40. The molecule has 0 radical (unpaired) electrons. The van der Waals surface area contributed by atoms with Gasteiger partial charge in [0.15, 0.2) is 0 Å². The molecule has 18 heavy (non-hydrogen) atoms. The van der Waals surface area contributed by atoms with E-state index in [-0.39, 0.29) is 5.54 Å². The lowest BCUT2D eigenvalue weighted by molar-refractivity contribution is 0.165. The van der Waals surface area contributed by atoms with Gasteiger partial charge in [0, 0.05) is 13.1 Å². The molecule has 1 saturated carbocycles. The van der Waals surface area contributed by atoms with E-state index in [2.05, 4.69) is 44.0 Å². The molecule has 3 nitrogen and oxygen atoms in total. The molecule has 0 aromatic rings. The molecule has 104 valence electrons. The molecule has 0 aliphatic heterocycles. The molecule has 1 aliphatic carbocycles. The van der Waals surface area contributed by atoms with Crippen LogP contribution in [0.4, 0.5) is 0 Å². The Morgan fingerprint density at radius 3 is 2.50 bits per heavy atom. The summed E-state index contributed by atoms with van der Waals surface area (Å²) >= 11 is 0. The largest absolute Gasteiger partial charge is 0.303 e. The van der Waals surface area contributed by atoms with Crippen LogP contribution in [0.2, 0.25) is 0 Å². The van der Waals surface area contributed by atoms with Crippen LogP contribution < -0.4 is 5.32 Å². The Morgan fingerprint density at radius 2 is 2.00 bits per heavy atom. The van der Waals surface area contributed by atoms with Crippen LogP contribution >= 0.6 is 0 Å². The van der Waals surface area contributed by atoms with E-state index in [1.165, 1.54) is 12.8 Å². The van der Waals surface area contributed by atoms with Gasteiger partial charge in [0.1, 0.15) is 5.54 Å². The van der Waals surface area contributed by atoms with Gasteiger partial charge in [0.05, 0.1) is 6.07 Å². The number of nitriles is 1. The summed E-state index contributed by atoms with van der Waals surface area (Å²) in [6, 6.07) is 2.57. The minimum Gasteiger partial charge on any atom is -0.303 e. The second-order valence-corrected chi connectivity index (χ2v) is 5.82. The summed E-state index contributed by atoms with van der Waals surface area (Å²) in [5, 5.41) is 13.1. The Morgan fingerprint density at radius 1 is 1.33 bits per heavy atom. The first-order chi connectivity index (χ1) is 8.57. The molecule has 0 heterocycles. The van der Waals surface area contributed by atoms with Crippen LogP contribution in [0, 0.1) is 23.2 Å². The van der Waals surface area contributed by atoms with E-state index in [9.17, 15) is 5.26 Å². The van der Waals surface area contributed by atoms with E-state index in [4.69, 9.17) is 0 Å². The summed E-state index contributed by atoms with van der Waals surface area (Å²) in [7, 11) is 0. The predicted octanol–water partition coefficient (Wildman–Crippen LogP) is 2.64. The van der Waals surface area contributed by atoms with Crippen molar-refractivity contribution in [3.8, 4) is 6.07 Å². The van der Waals surface area contributed by atoms with Gasteiger partial charge in [-0.15, -0.1) is 0 Å². The first-order valence-corrected chi connectivity index (χ1v) is 7.46. The van der Waals surface area contributed by atoms with Crippen LogP contribution in [0.15, 0.2) is 0 Å². The minimum atomic E-state index is -0.278. The summed E-state index contributed by atoms with van der Waals surface area (Å²) in [4.78, 5) is 2.40. The Labute approximate surface area is 113 Å². The molecule has 0 spiro atoms. The smallest absolute Gasteiger partial charge is 0.109 e. The molecule has 0 aromatic carbocycles. The molecule has 1 rings (SSSR count). The summed E-state index contributed by atoms with van der Waals surface area (Å²) < 4.78 is 0. The fourth-order valence-electron chi connectivity index (χ4n) is 3.09. The van der Waals surface area contributed by atoms with E-state index in [1.54, 1.807) is 0 Å². The molecule has 1 aliphatic rings. The number of nitrogens with one attached hydrogen (secondary N) is 1. The van der Waals surface area contributed by atoms with Crippen molar-refractivity contribution in [2.24, 2.45) is 11.8 Å². The molecule has 1 fully saturated rings. The topological polar surface area (TPSA) is 39.1 Å². The highest BCUT2D eigenvalue weighted by molar-refractivity contribution is 5.12. The Kier molecular flexibility index (Phi) is 6.11. The minimum absolute atomic E-state index is 0.278. The molecule has 0 amide bonds. The summed E-state index contributed by atoms with van der Waals surface area (Å²) in [6.45, 7) is 13.0. The highest BCUT2D eigenvalue weighted by atomic mass is 15.1. The van der Waals surface area contributed by atoms with Gasteiger partial charge in [-0.3, -0.25) is 5.32 Å². The van der Waals surface area contributed by atoms with Crippen LogP contribution in [-0.4, -0.2) is 36.6 Å². The third kappa shape index (κ3) is 3.70. The normalized spacial score (nSPS) is 32.4. The van der Waals surface area contributed by atoms with Crippen LogP contribution in [0.5, 0.6) is 0 Å². The van der Waals surface area contributed by atoms with Crippen molar-refractivity contribution >= 4 is 0 Å². The molecule has 3 unspecified atom stereocenters. The highest BCUT2D eigenvalue weighted by Crippen LogP contribution is 2.36. The molecule has 1 N–H and O–H groups in total. The number of hydrogen-bond acceptors (Lipinski definition) is 3. The van der Waals surface area contributed by atoms with E-state index in [0.717, 1.165) is 38.5 Å². The molecule has 0 aromatic heterocycles. The van der Waals surface area contributed by atoms with Crippen LogP contribution in [0.25, 0.3) is 0 Å². The van der Waals surface area contributed by atoms with Crippen molar-refractivity contribution < 1.29 is 0 Å². The van der Waals surface area contributed by atoms with Crippen LogP contribution in [-0.2, 0) is 0 Å². The van der Waals surface area contributed by atoms with Crippen molar-refractivity contribution in [2.45, 2.75) is 52.5 Å². The van der Waals surface area contributed by atoms with Crippen molar-refractivity contribution in [1.29, 1.82) is 5.26 Å². The highest BCUT2D eigenvalue weighted by Gasteiger charge is 2.39. The average molecular weight is 251 g/mol. The number of rotatable bonds is 6. The van der Waals surface area contributed by atoms with E-state index in [0.29, 0.717) is 5.92 Å². The van der Waals surface area contributed by atoms with Crippen molar-refractivity contribution in [3.63, 3.8) is 0 Å². The predicted molar refractivity (Wildman–Crippen MR) is 76.3 cm³/mol. The summed E-state index contributed by atoms with van der Waals surface area (Å²) in [5.41, 5.74) is -0.278. The van der Waals surface area contributed by atoms with E-state index in [1.807, 2.05) is 0 Å². The Balaban J connectivity index is 2.49. The Bertz CT molecular complexity index is 280. The molecule has 3 atom stereocenters. The zero-order valence-electron chi connectivity index (χ0n) is 12.5. The third-order valence-electron chi connectivity index (χ3n) is 4.59. The molecule has 0 saturated heterocycles. The van der Waals surface area contributed by atoms with Crippen molar-refractivity contribution in [2.75, 3.05) is 26.2 Å². The third-order valence-corrected chi connectivity index (χ3v) is 4.59. The second-order valence-electron chi connectivity index (χ2n) is 5.82. The maximum Gasteiger partial charge on any atom is 0.109 e. The van der Waals surface area contributed by atoms with Gasteiger partial charge in [0.25, 0.3) is 0 Å². The van der Waals surface area contributed by atoms with Gasteiger partial charge in [-0.1, -0.05) is 27.7 Å². The maximum atomic E-state index is 9.55. The standard InChI is InChI=1S/C15H29N3/c1-5-18(6-2)10-9-17-15(12-16)8-7-13(3)11-14(15)4/h13-14,17H,5-11H2,1-4H3. The van der Waals surface area contributed by atoms with E-state index < -0.39 is 0 Å². The van der Waals surface area contributed by atoms with Crippen molar-refractivity contribution in [3.05, 3.63) is 0 Å². The zero-order valence-corrected chi connectivity index (χ0v) is 12.5. The van der Waals surface area contributed by atoms with Gasteiger partial charge in [0.2, 0.25) is 0 Å². The molecular weight excluding hydrogens is 222 g/mol. The van der Waals surface area contributed by atoms with Gasteiger partial charge in [-0.25, -0.2) is 0 Å². The number of nitrogens with zero attached hydrogens (tertiary/aromatic N) is 2. The summed E-state index contributed by atoms with van der Waals surface area (Å²) in [5.74, 6) is 1.23. The number of likely N-dealkylation sites (N-methyl/N-ethyl adjacent to an activating group) is 1. The molecule has 0 bridgehead atoms. The maximum absolute atomic E-state index is 9.55. The fraction of sp³-hybridized carbons (Fsp3) is 0.933. The van der Waals surface area contributed by atoms with Gasteiger partial charge in [-0.2, -0.15) is 5.26 Å². The lowest BCUT2D eigenvalue weighted by atomic mass is 9.70. The molecular formula is C15H29N3. The molecule has 3 heteroatoms. The van der Waals surface area contributed by atoms with Gasteiger partial charge in [-0.05, 0) is 44.2 Å². The quantitative estimate of drug-likeness (QED) is 0.789. The first-order valence-electron chi connectivity index (χ1n) is 7.46. The Hall–Kier alpha value is -0.590. The fourth-order valence-corrected chi connectivity index (χ4v) is 3.09. The lowest BCUT2D eigenvalue weighted by Crippen LogP contribution is -2.53. The first kappa shape index (κ1) is 15.5. The van der Waals surface area contributed by atoms with Crippen LogP contribution in [0.3, 0.4) is 0 Å². The van der Waals surface area contributed by atoms with Gasteiger partial charge < -0.3 is 4.90 Å². The van der Waals surface area contributed by atoms with Gasteiger partial charge >= 0.3 is 0 Å². The zero-order chi connectivity index (χ0) is 13.6. The van der Waals surface area contributed by atoms with Crippen molar-refractivity contribution in [1.82, 2.24) is 10.2 Å². The van der Waals surface area contributed by atoms with Crippen LogP contribution in [0.1, 0.15) is 47.0 Å². The number of hydrogen-bond donors (Lipinski definition) is 1. The average Bonchev–Trinajstić information content (AvgIpc) is 2.37. The monoisotopic (exact) mass is 251 g/mol. The van der Waals surface area contributed by atoms with E-state index >= 15 is 0 Å². The summed E-state index contributed by atoms with van der Waals surface area (Å²) in [6.07, 6.45) is 3.35. The second kappa shape index (κ2) is 7.11.